The number of rotatable bonds is 3. The van der Waals surface area contributed by atoms with Crippen molar-refractivity contribution in [2.45, 2.75) is 32.2 Å². The molecule has 122 valence electrons. The van der Waals surface area contributed by atoms with Gasteiger partial charge < -0.3 is 14.7 Å². The Bertz CT molecular complexity index is 490. The lowest BCUT2D eigenvalue weighted by Crippen LogP contribution is -2.52. The molecule has 4 fully saturated rings. The van der Waals surface area contributed by atoms with E-state index in [1.165, 1.54) is 0 Å². The van der Waals surface area contributed by atoms with Gasteiger partial charge in [-0.15, -0.1) is 0 Å². The Hall–Kier alpha value is -1.30. The maximum atomic E-state index is 11.8. The summed E-state index contributed by atoms with van der Waals surface area (Å²) in [4.78, 5) is 27.2. The second-order valence-corrected chi connectivity index (χ2v) is 7.58. The van der Waals surface area contributed by atoms with Crippen LogP contribution >= 0.6 is 0 Å². The van der Waals surface area contributed by atoms with Crippen molar-refractivity contribution in [2.75, 3.05) is 32.8 Å². The molecule has 1 spiro atoms. The third-order valence-electron chi connectivity index (χ3n) is 6.33. The topological polar surface area (TPSA) is 70.1 Å². The summed E-state index contributed by atoms with van der Waals surface area (Å²) in [6, 6.07) is 0.601. The standard InChI is InChI=1S/C16H24N2O4/c1-2-22-15(21)17-4-3-16(9-17)5-10(6-16)18-7-11-12(8-18)13(11)14(19)20/h10-13H,2-9H2,1H3,(H,19,20)/t10?,11-,12+,13?,16?. The fourth-order valence-electron chi connectivity index (χ4n) is 5.06. The van der Waals surface area contributed by atoms with Crippen LogP contribution in [-0.4, -0.2) is 65.8 Å². The number of piperidine rings is 1. The SMILES string of the molecule is CCOC(=O)N1CCC2(CC(N3C[C@@H]4C(C(=O)O)[C@@H]4C3)C2)C1. The van der Waals surface area contributed by atoms with E-state index in [1.807, 2.05) is 11.8 Å². The highest BCUT2D eigenvalue weighted by Gasteiger charge is 2.62. The Balaban J connectivity index is 1.26. The molecule has 2 aliphatic carbocycles. The van der Waals surface area contributed by atoms with Gasteiger partial charge in [-0.25, -0.2) is 4.79 Å². The van der Waals surface area contributed by atoms with E-state index in [0.717, 1.165) is 45.4 Å². The number of carbonyl (C=O) groups is 2. The Morgan fingerprint density at radius 2 is 1.95 bits per heavy atom. The van der Waals surface area contributed by atoms with Gasteiger partial charge >= 0.3 is 12.1 Å². The Morgan fingerprint density at radius 3 is 2.55 bits per heavy atom. The molecule has 0 aromatic rings. The number of carboxylic acids is 1. The van der Waals surface area contributed by atoms with E-state index >= 15 is 0 Å². The van der Waals surface area contributed by atoms with Crippen molar-refractivity contribution in [3.8, 4) is 0 Å². The first kappa shape index (κ1) is 14.3. The maximum Gasteiger partial charge on any atom is 0.409 e. The number of hydrogen-bond donors (Lipinski definition) is 1. The summed E-state index contributed by atoms with van der Waals surface area (Å²) in [5.74, 6) is 0.110. The van der Waals surface area contributed by atoms with Crippen LogP contribution in [0.5, 0.6) is 0 Å². The van der Waals surface area contributed by atoms with Gasteiger partial charge in [-0.1, -0.05) is 0 Å². The molecule has 0 aromatic heterocycles. The summed E-state index contributed by atoms with van der Waals surface area (Å²) in [7, 11) is 0. The molecular formula is C16H24N2O4. The Labute approximate surface area is 130 Å². The summed E-state index contributed by atoms with van der Waals surface area (Å²) in [5, 5.41) is 9.08. The molecule has 2 saturated carbocycles. The third kappa shape index (κ3) is 2.11. The summed E-state index contributed by atoms with van der Waals surface area (Å²) >= 11 is 0. The number of ether oxygens (including phenoxy) is 1. The smallest absolute Gasteiger partial charge is 0.409 e. The van der Waals surface area contributed by atoms with Crippen molar-refractivity contribution in [1.82, 2.24) is 9.80 Å². The zero-order chi connectivity index (χ0) is 15.5. The molecule has 2 heterocycles. The quantitative estimate of drug-likeness (QED) is 0.850. The molecule has 0 radical (unpaired) electrons. The van der Waals surface area contributed by atoms with E-state index in [2.05, 4.69) is 4.90 Å². The number of amides is 1. The third-order valence-corrected chi connectivity index (χ3v) is 6.33. The highest BCUT2D eigenvalue weighted by Crippen LogP contribution is 2.56. The van der Waals surface area contributed by atoms with Crippen LogP contribution in [0.4, 0.5) is 4.79 Å². The summed E-state index contributed by atoms with van der Waals surface area (Å²) < 4.78 is 5.09. The monoisotopic (exact) mass is 308 g/mol. The molecule has 2 saturated heterocycles. The number of carboxylic acid groups (broad SMARTS) is 1. The van der Waals surface area contributed by atoms with Crippen molar-refractivity contribution < 1.29 is 19.4 Å². The Morgan fingerprint density at radius 1 is 1.27 bits per heavy atom. The highest BCUT2D eigenvalue weighted by molar-refractivity contribution is 5.74. The molecule has 6 heteroatoms. The van der Waals surface area contributed by atoms with E-state index in [-0.39, 0.29) is 12.0 Å². The number of aliphatic carboxylic acids is 1. The van der Waals surface area contributed by atoms with Crippen LogP contribution in [0.25, 0.3) is 0 Å². The highest BCUT2D eigenvalue weighted by atomic mass is 16.6. The zero-order valence-electron chi connectivity index (χ0n) is 13.0. The molecule has 2 aliphatic heterocycles. The normalized spacial score (nSPS) is 43.0. The van der Waals surface area contributed by atoms with Gasteiger partial charge in [0.2, 0.25) is 0 Å². The molecule has 1 N–H and O–H groups in total. The summed E-state index contributed by atoms with van der Waals surface area (Å²) in [6.07, 6.45) is 3.22. The first-order valence-corrected chi connectivity index (χ1v) is 8.41. The zero-order valence-corrected chi connectivity index (χ0v) is 13.0. The Kier molecular flexibility index (Phi) is 3.15. The van der Waals surface area contributed by atoms with Gasteiger partial charge in [0, 0.05) is 32.2 Å². The van der Waals surface area contributed by atoms with E-state index < -0.39 is 5.97 Å². The van der Waals surface area contributed by atoms with E-state index in [0.29, 0.717) is 29.9 Å². The van der Waals surface area contributed by atoms with Crippen molar-refractivity contribution in [1.29, 1.82) is 0 Å². The predicted octanol–water partition coefficient (Wildman–Crippen LogP) is 1.26. The minimum atomic E-state index is -0.611. The number of likely N-dealkylation sites (tertiary alicyclic amines) is 2. The van der Waals surface area contributed by atoms with E-state index in [4.69, 9.17) is 9.84 Å². The molecule has 4 aliphatic rings. The van der Waals surface area contributed by atoms with Gasteiger partial charge in [0.25, 0.3) is 0 Å². The summed E-state index contributed by atoms with van der Waals surface area (Å²) in [6.45, 7) is 5.85. The second kappa shape index (κ2) is 4.85. The lowest BCUT2D eigenvalue weighted by Gasteiger charge is -2.49. The second-order valence-electron chi connectivity index (χ2n) is 7.58. The molecule has 4 rings (SSSR count). The molecule has 3 atom stereocenters. The number of hydrogen-bond acceptors (Lipinski definition) is 4. The van der Waals surface area contributed by atoms with Gasteiger partial charge in [0.15, 0.2) is 0 Å². The van der Waals surface area contributed by atoms with Crippen LogP contribution in [-0.2, 0) is 9.53 Å². The molecule has 22 heavy (non-hydrogen) atoms. The fraction of sp³-hybridized carbons (Fsp3) is 0.875. The predicted molar refractivity (Wildman–Crippen MR) is 78.3 cm³/mol. The van der Waals surface area contributed by atoms with Gasteiger partial charge in [-0.05, 0) is 43.4 Å². The van der Waals surface area contributed by atoms with Gasteiger partial charge in [-0.2, -0.15) is 0 Å². The van der Waals surface area contributed by atoms with Crippen molar-refractivity contribution >= 4 is 12.1 Å². The largest absolute Gasteiger partial charge is 0.481 e. The van der Waals surface area contributed by atoms with Crippen molar-refractivity contribution in [3.63, 3.8) is 0 Å². The average Bonchev–Trinajstić information content (AvgIpc) is 2.83. The number of nitrogens with zero attached hydrogens (tertiary/aromatic N) is 2. The van der Waals surface area contributed by atoms with Crippen LogP contribution in [0.3, 0.4) is 0 Å². The first-order chi connectivity index (χ1) is 10.5. The first-order valence-electron chi connectivity index (χ1n) is 8.41. The molecule has 6 nitrogen and oxygen atoms in total. The van der Waals surface area contributed by atoms with Crippen molar-refractivity contribution in [3.05, 3.63) is 0 Å². The van der Waals surface area contributed by atoms with Crippen molar-refractivity contribution in [2.24, 2.45) is 23.2 Å². The molecule has 0 bridgehead atoms. The van der Waals surface area contributed by atoms with Gasteiger partial charge in [-0.3, -0.25) is 9.69 Å². The average molecular weight is 308 g/mol. The molecule has 0 aromatic carbocycles. The van der Waals surface area contributed by atoms with Gasteiger partial charge in [0.05, 0.1) is 12.5 Å². The molecular weight excluding hydrogens is 284 g/mol. The summed E-state index contributed by atoms with van der Waals surface area (Å²) in [5.41, 5.74) is 0.302. The minimum absolute atomic E-state index is 0.0731. The molecule has 1 amide bonds. The minimum Gasteiger partial charge on any atom is -0.481 e. The van der Waals surface area contributed by atoms with Crippen LogP contribution in [0, 0.1) is 23.2 Å². The lowest BCUT2D eigenvalue weighted by molar-refractivity contribution is -0.139. The maximum absolute atomic E-state index is 11.8. The molecule has 1 unspecified atom stereocenters. The number of carbonyl (C=O) groups excluding carboxylic acids is 1. The van der Waals surface area contributed by atoms with Crippen LogP contribution in [0.1, 0.15) is 26.2 Å². The lowest BCUT2D eigenvalue weighted by atomic mass is 9.64. The van der Waals surface area contributed by atoms with Crippen LogP contribution < -0.4 is 0 Å². The van der Waals surface area contributed by atoms with E-state index in [9.17, 15) is 9.59 Å². The van der Waals surface area contributed by atoms with Crippen LogP contribution in [0.15, 0.2) is 0 Å². The van der Waals surface area contributed by atoms with E-state index in [1.54, 1.807) is 0 Å². The number of fused-ring (bicyclic) bond motifs is 1. The van der Waals surface area contributed by atoms with Gasteiger partial charge in [0.1, 0.15) is 0 Å². The van der Waals surface area contributed by atoms with Crippen LogP contribution in [0.2, 0.25) is 0 Å². The fourth-order valence-corrected chi connectivity index (χ4v) is 5.06.